The molecule has 1 saturated carbocycles. The van der Waals surface area contributed by atoms with Crippen molar-refractivity contribution >= 4 is 167 Å². The lowest BCUT2D eigenvalue weighted by Crippen LogP contribution is -2.41. The molecule has 25 rings (SSSR count). The van der Waals surface area contributed by atoms with Gasteiger partial charge in [-0.2, -0.15) is 25.5 Å². The van der Waals surface area contributed by atoms with Gasteiger partial charge in [0.15, 0.2) is 11.6 Å². The summed E-state index contributed by atoms with van der Waals surface area (Å²) < 4.78 is 22.2. The molecule has 35 heteroatoms. The molecule has 10 aromatic carbocycles. The lowest BCUT2D eigenvalue weighted by atomic mass is 9.78. The van der Waals surface area contributed by atoms with Gasteiger partial charge in [-0.05, 0) is 378 Å². The van der Waals surface area contributed by atoms with Gasteiger partial charge in [0.1, 0.15) is 27.6 Å². The molecular formula is C110H114BBrCl2N26O5. The number of allylic oxidation sites excluding steroid dienone is 4. The highest BCUT2D eigenvalue weighted by atomic mass is 79.9. The predicted octanol–water partition coefficient (Wildman–Crippen LogP) is 21.5. The van der Waals surface area contributed by atoms with Crippen molar-refractivity contribution in [3.05, 3.63) is 276 Å². The van der Waals surface area contributed by atoms with Crippen LogP contribution >= 0.6 is 39.1 Å². The average molecular weight is 2040 g/mol. The molecule has 0 spiro atoms. The summed E-state index contributed by atoms with van der Waals surface area (Å²) >= 11 is 14.5. The first-order valence-electron chi connectivity index (χ1n) is 49.3. The zero-order chi connectivity index (χ0) is 101. The summed E-state index contributed by atoms with van der Waals surface area (Å²) in [6, 6.07) is 50.2. The smallest absolute Gasteiger partial charge is 0.494 e. The van der Waals surface area contributed by atoms with E-state index in [1.165, 1.54) is 86.5 Å². The third-order valence-electron chi connectivity index (χ3n) is 27.9. The number of aryl methyl sites for hydroxylation is 10. The zero-order valence-corrected chi connectivity index (χ0v) is 87.2. The van der Waals surface area contributed by atoms with E-state index in [1.54, 1.807) is 40.6 Å². The third kappa shape index (κ3) is 22.4. The monoisotopic (exact) mass is 2040 g/mol. The van der Waals surface area contributed by atoms with Gasteiger partial charge in [0.05, 0.1) is 49.8 Å². The lowest BCUT2D eigenvalue weighted by Gasteiger charge is -2.32. The van der Waals surface area contributed by atoms with E-state index in [0.29, 0.717) is 65.3 Å². The van der Waals surface area contributed by atoms with Crippen molar-refractivity contribution in [2.75, 3.05) is 13.1 Å². The molecule has 5 aliphatic rings. The van der Waals surface area contributed by atoms with Crippen LogP contribution in [0.1, 0.15) is 188 Å². The zero-order valence-electron chi connectivity index (χ0n) is 84.1. The van der Waals surface area contributed by atoms with E-state index in [1.807, 2.05) is 104 Å². The Labute approximate surface area is 857 Å². The van der Waals surface area contributed by atoms with Crippen molar-refractivity contribution in [3.8, 4) is 44.5 Å². The highest BCUT2D eigenvalue weighted by Gasteiger charge is 2.52. The van der Waals surface area contributed by atoms with Gasteiger partial charge in [0.25, 0.3) is 27.1 Å². The van der Waals surface area contributed by atoms with E-state index in [-0.39, 0.29) is 28.9 Å². The van der Waals surface area contributed by atoms with Gasteiger partial charge in [-0.1, -0.05) is 89.3 Å². The molecule has 738 valence electrons. The number of nitrogens with one attached hydrogen (secondary N) is 1. The average Bonchev–Trinajstić information content (AvgIpc) is 1.60. The van der Waals surface area contributed by atoms with Crippen LogP contribution in [0.5, 0.6) is 0 Å². The fourth-order valence-electron chi connectivity index (χ4n) is 19.6. The van der Waals surface area contributed by atoms with Gasteiger partial charge < -0.3 is 30.2 Å². The summed E-state index contributed by atoms with van der Waals surface area (Å²) in [7, 11) is 9.36. The molecular weight excluding hydrogens is 1930 g/mol. The van der Waals surface area contributed by atoms with Crippen molar-refractivity contribution < 1.29 is 23.8 Å². The number of fused-ring (bicyclic) bond motifs is 10. The van der Waals surface area contributed by atoms with Crippen LogP contribution in [-0.2, 0) is 44.5 Å². The Morgan fingerprint density at radius 1 is 0.372 bits per heavy atom. The van der Waals surface area contributed by atoms with Crippen LogP contribution < -0.4 is 25.3 Å². The van der Waals surface area contributed by atoms with Crippen molar-refractivity contribution in [1.82, 2.24) is 115 Å². The van der Waals surface area contributed by atoms with Crippen molar-refractivity contribution in [1.29, 1.82) is 0 Å². The van der Waals surface area contributed by atoms with E-state index >= 15 is 0 Å². The standard InChI is InChI=1S/C22H21N5O.C22H23N5.C21H22N6.C16H12ClN5O.C15H21BN2O2.C7H3BrClN3O.C7H12/c1-14-10-17(11-18-13-26(2)24-21(14)18)16-8-9-19-20(12-16)27(28)25-22(23-19)15-6-4-3-5-7-15;1-14-10-17(11-18-13-27(2)26-21(14)18)16-8-9-19-20(12-16)24-25-22(23-19)15-6-4-3-5-7-15;1-13-9-16(10-17-12-27(2)26-20(13)17)15-3-4-18-19(11-15)24-25-21(23-18)14-5-7-22-8-6-14;1-9-5-11(6-12-8-21(2)19-15(9)12)10-3-4-13-14(7-10)22(23)20-16(17)18-13;1-10-7-12(8-11-9-18(6)17-13(10)11)16-19-14(2,3)15(4,5)20-16;8-4-1-2-5-6(3-4)12(13)11-7(9)10-5;1-7-5-3-2-4-6-7/h6,8-13H,3-5,7H2,1-2H3;8-13,15H,3-7H2,1-2H3;3-4,9-12,14,22H,5-8H2,1-2H3;3-8H,1-2H3;7-9H,1-6H3;1-3H;5H,2-4,6H2,1H3. The molecule has 0 bridgehead atoms. The highest BCUT2D eigenvalue weighted by molar-refractivity contribution is 9.10. The number of nitrogens with zero attached hydrogens (tertiary/aromatic N) is 25. The second-order valence-electron chi connectivity index (χ2n) is 39.5. The number of hydrogen-bond acceptors (Lipinski definition) is 23. The molecule has 3 fully saturated rings. The van der Waals surface area contributed by atoms with E-state index < -0.39 is 0 Å². The highest BCUT2D eigenvalue weighted by Crippen LogP contribution is 2.40. The Morgan fingerprint density at radius 3 is 1.15 bits per heavy atom. The minimum Gasteiger partial charge on any atom is -0.594 e. The van der Waals surface area contributed by atoms with Crippen LogP contribution in [0.4, 0.5) is 0 Å². The predicted molar refractivity (Wildman–Crippen MR) is 576 cm³/mol. The molecule has 31 nitrogen and oxygen atoms in total. The molecule has 2 saturated heterocycles. The maximum atomic E-state index is 12.6. The molecule has 3 aliphatic carbocycles. The Bertz CT molecular complexity index is 8220. The van der Waals surface area contributed by atoms with E-state index in [0.717, 1.165) is 199 Å². The number of aromatic nitrogens is 25. The van der Waals surface area contributed by atoms with Gasteiger partial charge in [-0.15, -0.1) is 20.4 Å². The summed E-state index contributed by atoms with van der Waals surface area (Å²) in [6.45, 7) is 22.9. The van der Waals surface area contributed by atoms with Crippen LogP contribution in [0.15, 0.2) is 205 Å². The molecule has 0 unspecified atom stereocenters. The molecule has 12 heterocycles. The van der Waals surface area contributed by atoms with Crippen LogP contribution in [0, 0.1) is 50.2 Å². The summed E-state index contributed by atoms with van der Waals surface area (Å²) in [5.41, 5.74) is 29.0. The molecule has 2 aliphatic heterocycles. The van der Waals surface area contributed by atoms with Crippen LogP contribution in [0.2, 0.25) is 10.6 Å². The van der Waals surface area contributed by atoms with Gasteiger partial charge in [0, 0.05) is 143 Å². The van der Waals surface area contributed by atoms with Gasteiger partial charge in [0.2, 0.25) is 5.82 Å². The molecule has 0 atom stereocenters. The van der Waals surface area contributed by atoms with E-state index in [9.17, 15) is 15.6 Å². The van der Waals surface area contributed by atoms with E-state index in [4.69, 9.17) is 42.5 Å². The molecule has 145 heavy (non-hydrogen) atoms. The fraction of sp³-hybridized carbons (Fsp3) is 0.327. The van der Waals surface area contributed by atoms with Gasteiger partial charge in [-0.25, -0.2) is 24.9 Å². The second kappa shape index (κ2) is 42.2. The largest absolute Gasteiger partial charge is 0.594 e. The minimum absolute atomic E-state index is 0.0511. The molecule has 20 aromatic rings. The number of halogens is 3. The second-order valence-corrected chi connectivity index (χ2v) is 41.1. The summed E-state index contributed by atoms with van der Waals surface area (Å²) in [5.74, 6) is 3.25. The minimum atomic E-state index is -0.316. The normalized spacial score (nSPS) is 15.3. The number of hydrogen-bond donors (Lipinski definition) is 1. The summed E-state index contributed by atoms with van der Waals surface area (Å²) in [5, 5.41) is 96.2. The summed E-state index contributed by atoms with van der Waals surface area (Å²) in [4.78, 5) is 23.9. The Balaban J connectivity index is 0.000000110. The number of rotatable bonds is 8. The quantitative estimate of drug-likeness (QED) is 0.0639. The Morgan fingerprint density at radius 2 is 0.745 bits per heavy atom. The Kier molecular flexibility index (Phi) is 29.0. The first-order valence-corrected chi connectivity index (χ1v) is 50.9. The number of piperidine rings is 1. The van der Waals surface area contributed by atoms with Crippen LogP contribution in [-0.4, -0.2) is 141 Å². The van der Waals surface area contributed by atoms with E-state index in [2.05, 4.69) is 281 Å². The van der Waals surface area contributed by atoms with Crippen molar-refractivity contribution in [3.63, 3.8) is 0 Å². The first-order chi connectivity index (χ1) is 69.7. The molecule has 0 amide bonds. The molecule has 1 N–H and O–H groups in total. The fourth-order valence-corrected chi connectivity index (χ4v) is 20.3. The first kappa shape index (κ1) is 99.5. The SMILES string of the molecule is CC1=CCCCC1.Cc1cc(-c2ccc3nc(C4=CCCCC4)n[n+]([O-])c3c2)cc2cn(C)nc12.Cc1cc(-c2ccc3nc(C4CCCCC4)nnc3c2)cc2cn(C)nc12.Cc1cc(-c2ccc3nc(C4CCNCC4)nnc3c2)cc2cn(C)nc12.Cc1cc(-c2ccc3nc(Cl)n[n+]([O-])c3c2)cc2cn(C)nc12.Cc1cc(B2OC(C)(C)C(C)(C)O2)cc2cn(C)nc12.[O-][n+]1nc(Cl)nc2ccc(Br)cc21. The molecule has 10 aromatic heterocycles. The van der Waals surface area contributed by atoms with Crippen LogP contribution in [0.25, 0.3) is 160 Å². The molecule has 0 radical (unpaired) electrons. The van der Waals surface area contributed by atoms with Gasteiger partial charge >= 0.3 is 7.12 Å². The lowest BCUT2D eigenvalue weighted by molar-refractivity contribution is -0.643. The van der Waals surface area contributed by atoms with Crippen molar-refractivity contribution in [2.45, 2.75) is 189 Å². The maximum Gasteiger partial charge on any atom is 0.494 e. The topological polar surface area (TPSA) is 355 Å². The maximum absolute atomic E-state index is 12.6. The van der Waals surface area contributed by atoms with Crippen molar-refractivity contribution in [2.24, 2.45) is 35.2 Å². The third-order valence-corrected chi connectivity index (χ3v) is 28.7. The van der Waals surface area contributed by atoms with Crippen LogP contribution in [0.3, 0.4) is 0 Å². The Hall–Kier alpha value is -14.2. The number of benzene rings is 10. The van der Waals surface area contributed by atoms with Gasteiger partial charge in [-0.3, -0.25) is 23.4 Å². The summed E-state index contributed by atoms with van der Waals surface area (Å²) in [6.07, 6.45) is 32.9.